The van der Waals surface area contributed by atoms with Crippen LogP contribution in [0.15, 0.2) is 72.8 Å². The third-order valence-electron chi connectivity index (χ3n) is 6.62. The maximum absolute atomic E-state index is 9.59. The Morgan fingerprint density at radius 1 is 0.564 bits per heavy atom. The molecule has 0 aliphatic carbocycles. The molecule has 0 aliphatic heterocycles. The van der Waals surface area contributed by atoms with E-state index >= 15 is 0 Å². The van der Waals surface area contributed by atoms with E-state index in [2.05, 4.69) is 62.1 Å². The molecule has 4 aromatic carbocycles. The largest absolute Gasteiger partial charge is 0.236 e. The van der Waals surface area contributed by atoms with Gasteiger partial charge in [-0.3, -0.25) is 0 Å². The Kier molecular flexibility index (Phi) is 6.57. The van der Waals surface area contributed by atoms with Gasteiger partial charge in [-0.2, -0.15) is 21.0 Å². The SMILES string of the molecule is C[Si](C)(C)c1ccc2nc(-c3cc(-c4ccc(C#N)c(C#N)c4)cc(-c4ccc(C#N)c(C#N)c4)c3)sc2c1. The lowest BCUT2D eigenvalue weighted by Gasteiger charge is -2.15. The van der Waals surface area contributed by atoms with Crippen LogP contribution in [-0.2, 0) is 0 Å². The molecule has 0 amide bonds. The number of nitrogens with zero attached hydrogens (tertiary/aromatic N) is 5. The number of fused-ring (bicyclic) bond motifs is 1. The standard InChI is InChI=1S/C32H21N5SSi/c1-39(2,3)29-8-9-30-31(15-29)38-32(37-30)26-13-24(20-4-6-22(16-33)27(10-20)18-35)12-25(14-26)21-5-7-23(17-34)28(11-21)19-36/h4-15H,1-3H3. The molecule has 0 saturated heterocycles. The number of nitriles is 4. The Hall–Kier alpha value is -5.05. The van der Waals surface area contributed by atoms with Crippen molar-refractivity contribution in [2.45, 2.75) is 19.6 Å². The topological polar surface area (TPSA) is 108 Å². The van der Waals surface area contributed by atoms with Crippen LogP contribution in [0.4, 0.5) is 0 Å². The highest BCUT2D eigenvalue weighted by Crippen LogP contribution is 2.37. The summed E-state index contributed by atoms with van der Waals surface area (Å²) in [6, 6.07) is 31.4. The molecule has 0 spiro atoms. The second kappa shape index (κ2) is 10.0. The number of rotatable bonds is 4. The molecule has 0 N–H and O–H groups in total. The fourth-order valence-electron chi connectivity index (χ4n) is 4.43. The lowest BCUT2D eigenvalue weighted by Crippen LogP contribution is -2.37. The summed E-state index contributed by atoms with van der Waals surface area (Å²) in [6.45, 7) is 6.98. The average Bonchev–Trinajstić information content (AvgIpc) is 3.39. The lowest BCUT2D eigenvalue weighted by molar-refractivity contribution is 1.42. The van der Waals surface area contributed by atoms with E-state index in [1.54, 1.807) is 35.6 Å². The minimum atomic E-state index is -1.48. The van der Waals surface area contributed by atoms with Gasteiger partial charge >= 0.3 is 0 Å². The molecule has 5 rings (SSSR count). The van der Waals surface area contributed by atoms with Crippen LogP contribution in [0.2, 0.25) is 19.6 Å². The minimum Gasteiger partial charge on any atom is -0.236 e. The molecule has 1 heterocycles. The Balaban J connectivity index is 1.73. The molecule has 0 fully saturated rings. The highest BCUT2D eigenvalue weighted by atomic mass is 32.1. The van der Waals surface area contributed by atoms with Crippen molar-refractivity contribution in [1.82, 2.24) is 4.98 Å². The van der Waals surface area contributed by atoms with E-state index in [9.17, 15) is 21.0 Å². The van der Waals surface area contributed by atoms with E-state index in [-0.39, 0.29) is 0 Å². The monoisotopic (exact) mass is 535 g/mol. The van der Waals surface area contributed by atoms with Crippen LogP contribution < -0.4 is 5.19 Å². The van der Waals surface area contributed by atoms with Crippen molar-refractivity contribution in [1.29, 1.82) is 21.0 Å². The molecule has 0 radical (unpaired) electrons. The minimum absolute atomic E-state index is 0.311. The quantitative estimate of drug-likeness (QED) is 0.224. The number of benzene rings is 4. The second-order valence-corrected chi connectivity index (χ2v) is 16.3. The van der Waals surface area contributed by atoms with E-state index < -0.39 is 8.07 Å². The van der Waals surface area contributed by atoms with Crippen LogP contribution in [0.5, 0.6) is 0 Å². The Morgan fingerprint density at radius 2 is 1.08 bits per heavy atom. The average molecular weight is 536 g/mol. The molecular formula is C32H21N5SSi. The molecule has 0 bridgehead atoms. The zero-order valence-corrected chi connectivity index (χ0v) is 23.4. The zero-order valence-electron chi connectivity index (χ0n) is 21.6. The van der Waals surface area contributed by atoms with Crippen molar-refractivity contribution in [2.75, 3.05) is 0 Å². The third kappa shape index (κ3) is 4.94. The number of hydrogen-bond donors (Lipinski definition) is 0. The summed E-state index contributed by atoms with van der Waals surface area (Å²) >= 11 is 1.64. The van der Waals surface area contributed by atoms with Gasteiger partial charge in [0, 0.05) is 5.56 Å². The van der Waals surface area contributed by atoms with Crippen molar-refractivity contribution in [3.05, 3.63) is 95.1 Å². The normalized spacial score (nSPS) is 10.8. The van der Waals surface area contributed by atoms with Gasteiger partial charge in [-0.1, -0.05) is 43.0 Å². The highest BCUT2D eigenvalue weighted by molar-refractivity contribution is 7.21. The molecule has 5 aromatic rings. The fraction of sp³-hybridized carbons (Fsp3) is 0.0938. The van der Waals surface area contributed by atoms with E-state index in [4.69, 9.17) is 4.98 Å². The predicted molar refractivity (Wildman–Crippen MR) is 158 cm³/mol. The van der Waals surface area contributed by atoms with Gasteiger partial charge < -0.3 is 0 Å². The molecule has 0 saturated carbocycles. The molecule has 7 heteroatoms. The van der Waals surface area contributed by atoms with Crippen molar-refractivity contribution in [3.63, 3.8) is 0 Å². The van der Waals surface area contributed by atoms with Crippen molar-refractivity contribution < 1.29 is 0 Å². The van der Waals surface area contributed by atoms with Gasteiger partial charge in [-0.15, -0.1) is 11.3 Å². The van der Waals surface area contributed by atoms with E-state index in [1.807, 2.05) is 30.3 Å². The van der Waals surface area contributed by atoms with Gasteiger partial charge in [0.1, 0.15) is 29.3 Å². The predicted octanol–water partition coefficient (Wildman–Crippen LogP) is 7.33. The van der Waals surface area contributed by atoms with Crippen LogP contribution in [0.1, 0.15) is 22.3 Å². The first-order valence-electron chi connectivity index (χ1n) is 12.2. The van der Waals surface area contributed by atoms with Crippen LogP contribution >= 0.6 is 11.3 Å². The summed E-state index contributed by atoms with van der Waals surface area (Å²) in [6.07, 6.45) is 0. The van der Waals surface area contributed by atoms with Gasteiger partial charge in [0.25, 0.3) is 0 Å². The second-order valence-electron chi connectivity index (χ2n) is 10.2. The third-order valence-corrected chi connectivity index (χ3v) is 9.73. The molecular weight excluding hydrogens is 515 g/mol. The Bertz CT molecular complexity index is 1860. The first kappa shape index (κ1) is 25.6. The Morgan fingerprint density at radius 3 is 1.56 bits per heavy atom. The fourth-order valence-corrected chi connectivity index (χ4v) is 6.68. The smallest absolute Gasteiger partial charge is 0.124 e. The number of hydrogen-bond acceptors (Lipinski definition) is 6. The van der Waals surface area contributed by atoms with Gasteiger partial charge in [-0.25, -0.2) is 4.98 Å². The molecule has 0 unspecified atom stereocenters. The first-order chi connectivity index (χ1) is 18.7. The maximum Gasteiger partial charge on any atom is 0.124 e. The summed E-state index contributed by atoms with van der Waals surface area (Å²) in [5.41, 5.74) is 6.43. The molecule has 1 aromatic heterocycles. The van der Waals surface area contributed by atoms with Gasteiger partial charge in [0.15, 0.2) is 0 Å². The summed E-state index contributed by atoms with van der Waals surface area (Å²) < 4.78 is 1.13. The summed E-state index contributed by atoms with van der Waals surface area (Å²) in [4.78, 5) is 4.94. The maximum atomic E-state index is 9.59. The first-order valence-corrected chi connectivity index (χ1v) is 16.5. The van der Waals surface area contributed by atoms with Crippen LogP contribution in [0.25, 0.3) is 43.0 Å². The highest BCUT2D eigenvalue weighted by Gasteiger charge is 2.18. The van der Waals surface area contributed by atoms with Crippen LogP contribution in [0, 0.1) is 45.3 Å². The lowest BCUT2D eigenvalue weighted by atomic mass is 9.93. The molecule has 39 heavy (non-hydrogen) atoms. The number of thiazole rings is 1. The molecule has 0 atom stereocenters. The molecule has 184 valence electrons. The zero-order chi connectivity index (χ0) is 27.7. The number of aromatic nitrogens is 1. The van der Waals surface area contributed by atoms with Crippen molar-refractivity contribution >= 4 is 34.8 Å². The van der Waals surface area contributed by atoms with E-state index in [1.165, 1.54) is 5.19 Å². The van der Waals surface area contributed by atoms with E-state index in [0.29, 0.717) is 22.3 Å². The summed E-state index contributed by atoms with van der Waals surface area (Å²) in [7, 11) is -1.48. The summed E-state index contributed by atoms with van der Waals surface area (Å²) in [5, 5.41) is 40.2. The van der Waals surface area contributed by atoms with E-state index in [0.717, 1.165) is 43.0 Å². The Labute approximate surface area is 232 Å². The van der Waals surface area contributed by atoms with Crippen molar-refractivity contribution in [3.8, 4) is 57.1 Å². The molecule has 5 nitrogen and oxygen atoms in total. The summed E-state index contributed by atoms with van der Waals surface area (Å²) in [5.74, 6) is 0. The van der Waals surface area contributed by atoms with Gasteiger partial charge in [0.2, 0.25) is 0 Å². The van der Waals surface area contributed by atoms with Crippen molar-refractivity contribution in [2.24, 2.45) is 0 Å². The van der Waals surface area contributed by atoms with Gasteiger partial charge in [-0.05, 0) is 76.9 Å². The molecule has 0 aliphatic rings. The van der Waals surface area contributed by atoms with Gasteiger partial charge in [0.05, 0.1) is 40.5 Å². The van der Waals surface area contributed by atoms with Crippen LogP contribution in [-0.4, -0.2) is 13.1 Å². The van der Waals surface area contributed by atoms with Crippen LogP contribution in [0.3, 0.4) is 0 Å².